The summed E-state index contributed by atoms with van der Waals surface area (Å²) in [6.45, 7) is 0.125. The van der Waals surface area contributed by atoms with Crippen molar-refractivity contribution in [3.8, 4) is 5.75 Å². The van der Waals surface area contributed by atoms with Crippen molar-refractivity contribution in [3.05, 3.63) is 24.3 Å². The third-order valence-corrected chi connectivity index (χ3v) is 6.55. The van der Waals surface area contributed by atoms with Crippen LogP contribution >= 0.6 is 0 Å². The number of nitrogens with one attached hydrogen (secondary N) is 1. The molecule has 1 N–H and O–H groups in total. The van der Waals surface area contributed by atoms with Gasteiger partial charge in [0.1, 0.15) is 10.6 Å². The molecule has 0 aromatic heterocycles. The molecular formula is C12H17NO5S2. The van der Waals surface area contributed by atoms with Crippen molar-refractivity contribution >= 4 is 19.9 Å². The van der Waals surface area contributed by atoms with Crippen LogP contribution in [0.5, 0.6) is 5.75 Å². The number of rotatable bonds is 5. The fraction of sp³-hybridized carbons (Fsp3) is 0.500. The number of sulfonamides is 1. The second-order valence-corrected chi connectivity index (χ2v) is 8.74. The highest BCUT2D eigenvalue weighted by Crippen LogP contribution is 2.23. The predicted octanol–water partition coefficient (Wildman–Crippen LogP) is 0.408. The zero-order chi connectivity index (χ0) is 14.8. The van der Waals surface area contributed by atoms with E-state index >= 15 is 0 Å². The number of sulfone groups is 1. The molecule has 0 unspecified atom stereocenters. The number of ether oxygens (including phenoxy) is 1. The molecule has 1 aromatic rings. The Kier molecular flexibility index (Phi) is 4.36. The van der Waals surface area contributed by atoms with Crippen LogP contribution in [0.3, 0.4) is 0 Å². The minimum Gasteiger partial charge on any atom is -0.495 e. The molecule has 6 nitrogen and oxygen atoms in total. The second kappa shape index (κ2) is 5.71. The van der Waals surface area contributed by atoms with Crippen LogP contribution in [0.25, 0.3) is 0 Å². The molecule has 2 rings (SSSR count). The number of para-hydroxylation sites is 1. The topological polar surface area (TPSA) is 89.5 Å². The third kappa shape index (κ3) is 3.50. The summed E-state index contributed by atoms with van der Waals surface area (Å²) in [5, 5.41) is 0. The molecule has 1 aromatic carbocycles. The normalized spacial score (nSPS) is 21.8. The Hall–Kier alpha value is -1.12. The quantitative estimate of drug-likeness (QED) is 0.849. The minimum absolute atomic E-state index is 0.0431. The highest BCUT2D eigenvalue weighted by atomic mass is 32.2. The molecule has 1 heterocycles. The van der Waals surface area contributed by atoms with Gasteiger partial charge in [0.05, 0.1) is 18.6 Å². The molecule has 0 amide bonds. The van der Waals surface area contributed by atoms with E-state index in [-0.39, 0.29) is 34.6 Å². The fourth-order valence-electron chi connectivity index (χ4n) is 2.18. The van der Waals surface area contributed by atoms with Crippen LogP contribution in [0.15, 0.2) is 29.2 Å². The molecule has 20 heavy (non-hydrogen) atoms. The zero-order valence-corrected chi connectivity index (χ0v) is 12.7. The predicted molar refractivity (Wildman–Crippen MR) is 74.9 cm³/mol. The molecule has 1 aliphatic rings. The van der Waals surface area contributed by atoms with Gasteiger partial charge in [0.15, 0.2) is 9.84 Å². The van der Waals surface area contributed by atoms with Crippen LogP contribution in [-0.2, 0) is 19.9 Å². The van der Waals surface area contributed by atoms with Gasteiger partial charge in [-0.05, 0) is 24.5 Å². The maximum absolute atomic E-state index is 12.2. The third-order valence-electron chi connectivity index (χ3n) is 3.25. The van der Waals surface area contributed by atoms with Crippen LogP contribution in [0, 0.1) is 5.92 Å². The molecule has 1 fully saturated rings. The SMILES string of the molecule is COc1ccccc1S(=O)(=O)NC[C@@H]1CCS(=O)(=O)C1. The molecule has 1 saturated heterocycles. The first-order valence-corrected chi connectivity index (χ1v) is 9.47. The minimum atomic E-state index is -3.70. The number of hydrogen-bond donors (Lipinski definition) is 1. The summed E-state index contributed by atoms with van der Waals surface area (Å²) < 4.78 is 54.5. The molecule has 0 aliphatic carbocycles. The molecule has 0 spiro atoms. The largest absolute Gasteiger partial charge is 0.495 e. The summed E-state index contributed by atoms with van der Waals surface area (Å²) in [6.07, 6.45) is 0.497. The van der Waals surface area contributed by atoms with E-state index < -0.39 is 19.9 Å². The Balaban J connectivity index is 2.08. The molecule has 0 saturated carbocycles. The van der Waals surface area contributed by atoms with Gasteiger partial charge in [0.2, 0.25) is 10.0 Å². The van der Waals surface area contributed by atoms with E-state index in [9.17, 15) is 16.8 Å². The summed E-state index contributed by atoms with van der Waals surface area (Å²) in [4.78, 5) is 0.0587. The lowest BCUT2D eigenvalue weighted by molar-refractivity contribution is 0.402. The molecule has 0 radical (unpaired) electrons. The van der Waals surface area contributed by atoms with Gasteiger partial charge in [-0.1, -0.05) is 12.1 Å². The van der Waals surface area contributed by atoms with Gasteiger partial charge in [-0.15, -0.1) is 0 Å². The molecular weight excluding hydrogens is 302 g/mol. The van der Waals surface area contributed by atoms with Gasteiger partial charge in [-0.2, -0.15) is 0 Å². The Morgan fingerprint density at radius 2 is 2.05 bits per heavy atom. The van der Waals surface area contributed by atoms with E-state index in [1.807, 2.05) is 0 Å². The summed E-state index contributed by atoms with van der Waals surface area (Å²) >= 11 is 0. The average Bonchev–Trinajstić information content (AvgIpc) is 2.76. The van der Waals surface area contributed by atoms with Crippen molar-refractivity contribution in [3.63, 3.8) is 0 Å². The zero-order valence-electron chi connectivity index (χ0n) is 11.1. The lowest BCUT2D eigenvalue weighted by Gasteiger charge is -2.12. The second-order valence-electron chi connectivity index (χ2n) is 4.77. The van der Waals surface area contributed by atoms with Gasteiger partial charge in [0, 0.05) is 6.54 Å². The highest BCUT2D eigenvalue weighted by molar-refractivity contribution is 7.91. The van der Waals surface area contributed by atoms with Crippen molar-refractivity contribution in [2.45, 2.75) is 11.3 Å². The molecule has 8 heteroatoms. The number of hydrogen-bond acceptors (Lipinski definition) is 5. The molecule has 0 bridgehead atoms. The van der Waals surface area contributed by atoms with E-state index in [0.717, 1.165) is 0 Å². The smallest absolute Gasteiger partial charge is 0.244 e. The Labute approximate surface area is 119 Å². The highest BCUT2D eigenvalue weighted by Gasteiger charge is 2.29. The van der Waals surface area contributed by atoms with Crippen molar-refractivity contribution in [1.82, 2.24) is 4.72 Å². The first-order valence-electron chi connectivity index (χ1n) is 6.17. The van der Waals surface area contributed by atoms with Crippen molar-refractivity contribution in [2.75, 3.05) is 25.2 Å². The van der Waals surface area contributed by atoms with E-state index in [0.29, 0.717) is 6.42 Å². The van der Waals surface area contributed by atoms with Gasteiger partial charge in [-0.25, -0.2) is 21.6 Å². The Morgan fingerprint density at radius 3 is 2.65 bits per heavy atom. The average molecular weight is 319 g/mol. The summed E-state index contributed by atoms with van der Waals surface area (Å²) in [5.41, 5.74) is 0. The Bertz CT molecular complexity index is 682. The molecule has 1 atom stereocenters. The van der Waals surface area contributed by atoms with Crippen LogP contribution in [0.2, 0.25) is 0 Å². The fourth-order valence-corrected chi connectivity index (χ4v) is 5.33. The first kappa shape index (κ1) is 15.3. The number of benzene rings is 1. The maximum atomic E-state index is 12.2. The molecule has 1 aliphatic heterocycles. The van der Waals surface area contributed by atoms with E-state index in [2.05, 4.69) is 4.72 Å². The standard InChI is InChI=1S/C12H17NO5S2/c1-18-11-4-2-3-5-12(11)20(16,17)13-8-10-6-7-19(14,15)9-10/h2-5,10,13H,6-9H2,1H3/t10-/m0/s1. The monoisotopic (exact) mass is 319 g/mol. The van der Waals surface area contributed by atoms with Crippen molar-refractivity contribution < 1.29 is 21.6 Å². The summed E-state index contributed by atoms with van der Waals surface area (Å²) in [5.74, 6) is 0.277. The van der Waals surface area contributed by atoms with Crippen molar-refractivity contribution in [2.24, 2.45) is 5.92 Å². The summed E-state index contributed by atoms with van der Waals surface area (Å²) in [6, 6.07) is 6.31. The summed E-state index contributed by atoms with van der Waals surface area (Å²) in [7, 11) is -5.30. The van der Waals surface area contributed by atoms with Gasteiger partial charge < -0.3 is 4.74 Å². The van der Waals surface area contributed by atoms with Crippen molar-refractivity contribution in [1.29, 1.82) is 0 Å². The van der Waals surface area contributed by atoms with Gasteiger partial charge in [0.25, 0.3) is 0 Å². The lowest BCUT2D eigenvalue weighted by Crippen LogP contribution is -2.30. The van der Waals surface area contributed by atoms with Crippen LogP contribution in [-0.4, -0.2) is 42.0 Å². The van der Waals surface area contributed by atoms with Crippen LogP contribution in [0.1, 0.15) is 6.42 Å². The van der Waals surface area contributed by atoms with Crippen LogP contribution in [0.4, 0.5) is 0 Å². The Morgan fingerprint density at radius 1 is 1.35 bits per heavy atom. The first-order chi connectivity index (χ1) is 9.34. The molecule has 112 valence electrons. The number of methoxy groups -OCH3 is 1. The van der Waals surface area contributed by atoms with Gasteiger partial charge in [-0.3, -0.25) is 0 Å². The van der Waals surface area contributed by atoms with E-state index in [4.69, 9.17) is 4.74 Å². The lowest BCUT2D eigenvalue weighted by atomic mass is 10.1. The van der Waals surface area contributed by atoms with E-state index in [1.54, 1.807) is 18.2 Å². The van der Waals surface area contributed by atoms with E-state index in [1.165, 1.54) is 13.2 Å². The van der Waals surface area contributed by atoms with Crippen LogP contribution < -0.4 is 9.46 Å². The van der Waals surface area contributed by atoms with Gasteiger partial charge >= 0.3 is 0 Å². The maximum Gasteiger partial charge on any atom is 0.244 e.